The Balaban J connectivity index is 1.62. The number of nitrogens with zero attached hydrogens (tertiary/aromatic N) is 2. The van der Waals surface area contributed by atoms with Crippen LogP contribution in [0.4, 0.5) is 5.13 Å². The van der Waals surface area contributed by atoms with Crippen molar-refractivity contribution >= 4 is 32.6 Å². The van der Waals surface area contributed by atoms with Crippen LogP contribution >= 0.6 is 11.3 Å². The van der Waals surface area contributed by atoms with Crippen LogP contribution in [0.5, 0.6) is 0 Å². The molecular weight excluding hydrogens is 322 g/mol. The van der Waals surface area contributed by atoms with E-state index >= 15 is 0 Å². The number of aromatic nitrogens is 1. The summed E-state index contributed by atoms with van der Waals surface area (Å²) in [6.07, 6.45) is 4.10. The summed E-state index contributed by atoms with van der Waals surface area (Å²) < 4.78 is 6.42. The highest BCUT2D eigenvalue weighted by Crippen LogP contribution is 2.29. The zero-order valence-electron chi connectivity index (χ0n) is 13.4. The molecule has 2 aromatic heterocycles. The lowest BCUT2D eigenvalue weighted by Crippen LogP contribution is -3.10. The third kappa shape index (κ3) is 3.07. The summed E-state index contributed by atoms with van der Waals surface area (Å²) in [5.41, 5.74) is 0.934. The summed E-state index contributed by atoms with van der Waals surface area (Å²) in [6.45, 7) is 4.00. The van der Waals surface area contributed by atoms with E-state index in [0.717, 1.165) is 21.9 Å². The Kier molecular flexibility index (Phi) is 4.32. The van der Waals surface area contributed by atoms with E-state index < -0.39 is 0 Å². The Bertz CT molecular complexity index is 789. The van der Waals surface area contributed by atoms with E-state index in [1.54, 1.807) is 33.3 Å². The number of furan rings is 1. The molecule has 0 aliphatic carbocycles. The molecule has 4 rings (SSSR count). The first-order chi connectivity index (χ1) is 11.8. The molecule has 0 spiro atoms. The van der Waals surface area contributed by atoms with Crippen molar-refractivity contribution < 1.29 is 14.1 Å². The second-order valence-corrected chi connectivity index (χ2v) is 7.11. The lowest BCUT2D eigenvalue weighted by molar-refractivity contribution is -0.885. The van der Waals surface area contributed by atoms with Crippen LogP contribution in [0, 0.1) is 0 Å². The maximum absolute atomic E-state index is 12.9. The molecule has 1 amide bonds. The summed E-state index contributed by atoms with van der Waals surface area (Å²) in [5.74, 6) is 0.253. The van der Waals surface area contributed by atoms with Crippen molar-refractivity contribution in [2.75, 3.05) is 31.1 Å². The number of quaternary nitrogens is 1. The van der Waals surface area contributed by atoms with Gasteiger partial charge in [-0.05, 0) is 24.3 Å². The van der Waals surface area contributed by atoms with Gasteiger partial charge in [-0.25, -0.2) is 4.98 Å². The Hall–Kier alpha value is -2.18. The monoisotopic (exact) mass is 342 g/mol. The van der Waals surface area contributed by atoms with Crippen molar-refractivity contribution in [3.05, 3.63) is 48.4 Å². The standard InChI is InChI=1S/C18H19N3O2S/c22-17(15-7-5-13-23-15)21(12-11-20-9-3-4-10-20)18-19-14-6-1-2-8-16(14)24-18/h1-2,5-8,13H,3-4,9-12H2/p+1. The van der Waals surface area contributed by atoms with Gasteiger partial charge in [-0.3, -0.25) is 9.69 Å². The van der Waals surface area contributed by atoms with Crippen molar-refractivity contribution in [2.24, 2.45) is 0 Å². The smallest absolute Gasteiger partial charge is 0.295 e. The van der Waals surface area contributed by atoms with Crippen LogP contribution < -0.4 is 9.80 Å². The topological polar surface area (TPSA) is 50.8 Å². The molecule has 0 saturated carbocycles. The van der Waals surface area contributed by atoms with Crippen molar-refractivity contribution in [3.63, 3.8) is 0 Å². The summed E-state index contributed by atoms with van der Waals surface area (Å²) in [5, 5.41) is 0.746. The highest BCUT2D eigenvalue weighted by molar-refractivity contribution is 7.22. The molecule has 0 atom stereocenters. The summed E-state index contributed by atoms with van der Waals surface area (Å²) in [4.78, 5) is 20.9. The highest BCUT2D eigenvalue weighted by atomic mass is 32.1. The number of carbonyl (C=O) groups is 1. The number of fused-ring (bicyclic) bond motifs is 1. The van der Waals surface area contributed by atoms with Crippen LogP contribution in [0.2, 0.25) is 0 Å². The van der Waals surface area contributed by atoms with Gasteiger partial charge >= 0.3 is 0 Å². The van der Waals surface area contributed by atoms with Gasteiger partial charge in [0.05, 0.1) is 42.7 Å². The molecule has 1 N–H and O–H groups in total. The van der Waals surface area contributed by atoms with Gasteiger partial charge in [0.2, 0.25) is 0 Å². The van der Waals surface area contributed by atoms with Gasteiger partial charge < -0.3 is 9.32 Å². The maximum Gasteiger partial charge on any atom is 0.295 e. The van der Waals surface area contributed by atoms with Gasteiger partial charge in [0.15, 0.2) is 10.9 Å². The van der Waals surface area contributed by atoms with E-state index in [-0.39, 0.29) is 5.91 Å². The molecule has 6 heteroatoms. The van der Waals surface area contributed by atoms with E-state index in [0.29, 0.717) is 12.3 Å². The van der Waals surface area contributed by atoms with Gasteiger partial charge in [0, 0.05) is 12.8 Å². The SMILES string of the molecule is O=C(c1ccco1)N(CC[NH+]1CCCC1)c1nc2ccccc2s1. The minimum absolute atomic E-state index is 0.113. The minimum atomic E-state index is -0.113. The average molecular weight is 342 g/mol. The minimum Gasteiger partial charge on any atom is -0.459 e. The molecular formula is C18H20N3O2S+. The van der Waals surface area contributed by atoms with Crippen LogP contribution in [-0.4, -0.2) is 37.1 Å². The number of hydrogen-bond donors (Lipinski definition) is 1. The lowest BCUT2D eigenvalue weighted by atomic mass is 10.3. The zero-order valence-corrected chi connectivity index (χ0v) is 14.2. The van der Waals surface area contributed by atoms with Gasteiger partial charge in [-0.2, -0.15) is 0 Å². The van der Waals surface area contributed by atoms with E-state index in [4.69, 9.17) is 4.42 Å². The van der Waals surface area contributed by atoms with E-state index in [2.05, 4.69) is 4.98 Å². The molecule has 1 aliphatic rings. The normalized spacial score (nSPS) is 15.2. The molecule has 24 heavy (non-hydrogen) atoms. The first kappa shape index (κ1) is 15.4. The molecule has 0 bridgehead atoms. The maximum atomic E-state index is 12.9. The molecule has 0 unspecified atom stereocenters. The predicted molar refractivity (Wildman–Crippen MR) is 94.8 cm³/mol. The lowest BCUT2D eigenvalue weighted by Gasteiger charge is -2.20. The van der Waals surface area contributed by atoms with Crippen LogP contribution in [0.1, 0.15) is 23.4 Å². The van der Waals surface area contributed by atoms with Crippen molar-refractivity contribution in [1.29, 1.82) is 0 Å². The molecule has 124 valence electrons. The average Bonchev–Trinajstić information content (AvgIpc) is 3.35. The number of amides is 1. The van der Waals surface area contributed by atoms with E-state index in [9.17, 15) is 4.79 Å². The number of carbonyl (C=O) groups excluding carboxylic acids is 1. The second-order valence-electron chi connectivity index (χ2n) is 6.11. The van der Waals surface area contributed by atoms with E-state index in [1.807, 2.05) is 24.3 Å². The number of para-hydroxylation sites is 1. The number of nitrogens with one attached hydrogen (secondary N) is 1. The zero-order chi connectivity index (χ0) is 16.4. The van der Waals surface area contributed by atoms with Gasteiger partial charge in [0.1, 0.15) is 0 Å². The van der Waals surface area contributed by atoms with Crippen molar-refractivity contribution in [1.82, 2.24) is 4.98 Å². The number of anilines is 1. The Labute approximate surface area is 144 Å². The Morgan fingerprint density at radius 2 is 2.04 bits per heavy atom. The summed E-state index contributed by atoms with van der Waals surface area (Å²) in [7, 11) is 0. The van der Waals surface area contributed by atoms with Crippen LogP contribution in [0.15, 0.2) is 47.1 Å². The largest absolute Gasteiger partial charge is 0.459 e. The quantitative estimate of drug-likeness (QED) is 0.773. The van der Waals surface area contributed by atoms with Crippen molar-refractivity contribution in [2.45, 2.75) is 12.8 Å². The second kappa shape index (κ2) is 6.75. The third-order valence-corrected chi connectivity index (χ3v) is 5.55. The number of benzene rings is 1. The molecule has 0 radical (unpaired) electrons. The molecule has 1 fully saturated rings. The number of likely N-dealkylation sites (tertiary alicyclic amines) is 1. The van der Waals surface area contributed by atoms with E-state index in [1.165, 1.54) is 32.2 Å². The van der Waals surface area contributed by atoms with Crippen LogP contribution in [0.3, 0.4) is 0 Å². The molecule has 3 aromatic rings. The Morgan fingerprint density at radius 1 is 1.21 bits per heavy atom. The van der Waals surface area contributed by atoms with Crippen LogP contribution in [0.25, 0.3) is 10.2 Å². The fraction of sp³-hybridized carbons (Fsp3) is 0.333. The van der Waals surface area contributed by atoms with Gasteiger partial charge in [-0.15, -0.1) is 0 Å². The summed E-state index contributed by atoms with van der Waals surface area (Å²) >= 11 is 1.56. The third-order valence-electron chi connectivity index (χ3n) is 4.49. The van der Waals surface area contributed by atoms with Crippen molar-refractivity contribution in [3.8, 4) is 0 Å². The van der Waals surface area contributed by atoms with Gasteiger partial charge in [0.25, 0.3) is 5.91 Å². The fourth-order valence-electron chi connectivity index (χ4n) is 3.19. The first-order valence-corrected chi connectivity index (χ1v) is 9.17. The predicted octanol–water partition coefficient (Wildman–Crippen LogP) is 2.21. The fourth-order valence-corrected chi connectivity index (χ4v) is 4.18. The van der Waals surface area contributed by atoms with Crippen LogP contribution in [-0.2, 0) is 0 Å². The molecule has 1 aromatic carbocycles. The molecule has 1 saturated heterocycles. The number of hydrogen-bond acceptors (Lipinski definition) is 4. The van der Waals surface area contributed by atoms with Gasteiger partial charge in [-0.1, -0.05) is 23.5 Å². The summed E-state index contributed by atoms with van der Waals surface area (Å²) in [6, 6.07) is 11.4. The molecule has 1 aliphatic heterocycles. The number of thiazole rings is 1. The number of rotatable bonds is 5. The Morgan fingerprint density at radius 3 is 2.79 bits per heavy atom. The highest BCUT2D eigenvalue weighted by Gasteiger charge is 2.25. The molecule has 3 heterocycles. The first-order valence-electron chi connectivity index (χ1n) is 8.36. The molecule has 5 nitrogen and oxygen atoms in total.